The molecule has 0 aliphatic rings. The van der Waals surface area contributed by atoms with E-state index in [1.807, 2.05) is 36.6 Å². The van der Waals surface area contributed by atoms with Crippen molar-refractivity contribution in [2.24, 2.45) is 0 Å². The van der Waals surface area contributed by atoms with Crippen LogP contribution in [-0.4, -0.2) is 33.2 Å². The highest BCUT2D eigenvalue weighted by Gasteiger charge is 2.12. The van der Waals surface area contributed by atoms with Gasteiger partial charge in [0.1, 0.15) is 28.7 Å². The van der Waals surface area contributed by atoms with Crippen molar-refractivity contribution in [3.63, 3.8) is 0 Å². The molecule has 0 spiro atoms. The van der Waals surface area contributed by atoms with Gasteiger partial charge >= 0.3 is 0 Å². The average molecular weight is 460 g/mol. The van der Waals surface area contributed by atoms with Crippen molar-refractivity contribution in [2.75, 3.05) is 19.0 Å². The van der Waals surface area contributed by atoms with Crippen LogP contribution in [0.15, 0.2) is 66.4 Å². The molecule has 6 nitrogen and oxygen atoms in total. The Kier molecular flexibility index (Phi) is 5.75. The maximum absolute atomic E-state index is 14.0. The Morgan fingerprint density at radius 3 is 2.61 bits per heavy atom. The van der Waals surface area contributed by atoms with Crippen molar-refractivity contribution in [1.82, 2.24) is 19.5 Å². The van der Waals surface area contributed by atoms with Gasteiger partial charge in [0.05, 0.1) is 18.3 Å². The topological polar surface area (TPSA) is 64.9 Å². The molecule has 1 N–H and O–H groups in total. The van der Waals surface area contributed by atoms with E-state index in [4.69, 9.17) is 4.74 Å². The molecule has 0 amide bonds. The van der Waals surface area contributed by atoms with Crippen LogP contribution in [-0.2, 0) is 6.54 Å². The van der Waals surface area contributed by atoms with E-state index in [0.29, 0.717) is 18.8 Å². The molecule has 0 unspecified atom stereocenters. The summed E-state index contributed by atoms with van der Waals surface area (Å²) in [6.45, 7) is 3.29. The third kappa shape index (κ3) is 4.29. The van der Waals surface area contributed by atoms with E-state index in [2.05, 4.69) is 37.0 Å². The van der Waals surface area contributed by atoms with Crippen LogP contribution in [0.4, 0.5) is 10.2 Å². The smallest absolute Gasteiger partial charge is 0.131 e. The zero-order valence-corrected chi connectivity index (χ0v) is 19.1. The highest BCUT2D eigenvalue weighted by atomic mass is 32.1. The van der Waals surface area contributed by atoms with Crippen LogP contribution in [0.25, 0.3) is 32.7 Å². The molecule has 0 aliphatic carbocycles. The van der Waals surface area contributed by atoms with E-state index in [9.17, 15) is 4.39 Å². The predicted octanol–water partition coefficient (Wildman–Crippen LogP) is 5.79. The number of nitrogens with one attached hydrogen (secondary N) is 1. The summed E-state index contributed by atoms with van der Waals surface area (Å²) in [5, 5.41) is 7.23. The van der Waals surface area contributed by atoms with E-state index < -0.39 is 0 Å². The average Bonchev–Trinajstić information content (AvgIpc) is 3.48. The number of halogens is 1. The van der Waals surface area contributed by atoms with Gasteiger partial charge in [-0.2, -0.15) is 0 Å². The summed E-state index contributed by atoms with van der Waals surface area (Å²) >= 11 is 1.62. The van der Waals surface area contributed by atoms with Crippen molar-refractivity contribution >= 4 is 28.1 Å². The standard InChI is InChI=1S/C25H22FN5OS/c1-16-11-20-22(12-19(26)13-23(20)32-2)31(16)9-7-27-24-14-21(29-15-30-24)17-3-5-18(6-4-17)25-28-8-10-33-25/h3-6,8,10-15H,7,9H2,1-2H3,(H,27,29,30). The maximum Gasteiger partial charge on any atom is 0.131 e. The molecule has 0 fully saturated rings. The number of fused-ring (bicyclic) bond motifs is 1. The molecule has 0 radical (unpaired) electrons. The first-order chi connectivity index (χ1) is 16.1. The number of anilines is 1. The SMILES string of the molecule is COc1cc(F)cc2c1cc(C)n2CCNc1cc(-c2ccc(-c3nccs3)cc2)ncn1. The molecule has 0 saturated carbocycles. The lowest BCUT2D eigenvalue weighted by molar-refractivity contribution is 0.416. The summed E-state index contributed by atoms with van der Waals surface area (Å²) in [6, 6.07) is 15.1. The fraction of sp³-hybridized carbons (Fsp3) is 0.160. The molecule has 0 atom stereocenters. The highest BCUT2D eigenvalue weighted by Crippen LogP contribution is 2.30. The Bertz CT molecular complexity index is 1400. The number of ether oxygens (including phenoxy) is 1. The minimum absolute atomic E-state index is 0.312. The summed E-state index contributed by atoms with van der Waals surface area (Å²) in [6.07, 6.45) is 3.37. The Hall–Kier alpha value is -3.78. The van der Waals surface area contributed by atoms with Crippen LogP contribution >= 0.6 is 11.3 Å². The van der Waals surface area contributed by atoms with Gasteiger partial charge in [0, 0.05) is 59.0 Å². The number of hydrogen-bond donors (Lipinski definition) is 1. The van der Waals surface area contributed by atoms with Gasteiger partial charge < -0.3 is 14.6 Å². The van der Waals surface area contributed by atoms with Gasteiger partial charge in [-0.25, -0.2) is 19.3 Å². The van der Waals surface area contributed by atoms with E-state index in [1.165, 1.54) is 6.07 Å². The number of rotatable bonds is 7. The van der Waals surface area contributed by atoms with Crippen molar-refractivity contribution in [2.45, 2.75) is 13.5 Å². The molecule has 3 aromatic heterocycles. The first-order valence-corrected chi connectivity index (χ1v) is 11.4. The zero-order chi connectivity index (χ0) is 22.8. The molecule has 5 rings (SSSR count). The van der Waals surface area contributed by atoms with Gasteiger partial charge in [-0.15, -0.1) is 11.3 Å². The largest absolute Gasteiger partial charge is 0.496 e. The van der Waals surface area contributed by atoms with Gasteiger partial charge in [0.25, 0.3) is 0 Å². The number of hydrogen-bond acceptors (Lipinski definition) is 6. The monoisotopic (exact) mass is 459 g/mol. The Labute approximate surface area is 194 Å². The van der Waals surface area contributed by atoms with Crippen LogP contribution in [0, 0.1) is 12.7 Å². The molecule has 0 bridgehead atoms. The van der Waals surface area contributed by atoms with Crippen LogP contribution in [0.1, 0.15) is 5.69 Å². The lowest BCUT2D eigenvalue weighted by Crippen LogP contribution is -2.12. The molecule has 3 heterocycles. The van der Waals surface area contributed by atoms with Crippen LogP contribution in [0.2, 0.25) is 0 Å². The van der Waals surface area contributed by atoms with E-state index in [1.54, 1.807) is 37.0 Å². The molecule has 166 valence electrons. The molecular formula is C25H22FN5OS. The van der Waals surface area contributed by atoms with Gasteiger partial charge in [-0.3, -0.25) is 0 Å². The molecule has 0 saturated heterocycles. The third-order valence-corrected chi connectivity index (χ3v) is 6.37. The first-order valence-electron chi connectivity index (χ1n) is 10.5. The number of methoxy groups -OCH3 is 1. The molecule has 8 heteroatoms. The molecular weight excluding hydrogens is 437 g/mol. The second kappa shape index (κ2) is 8.99. The summed E-state index contributed by atoms with van der Waals surface area (Å²) in [4.78, 5) is 13.1. The third-order valence-electron chi connectivity index (χ3n) is 5.54. The normalized spacial score (nSPS) is 11.1. The molecule has 0 aliphatic heterocycles. The highest BCUT2D eigenvalue weighted by molar-refractivity contribution is 7.13. The molecule has 33 heavy (non-hydrogen) atoms. The minimum Gasteiger partial charge on any atom is -0.496 e. The van der Waals surface area contributed by atoms with Crippen LogP contribution < -0.4 is 10.1 Å². The van der Waals surface area contributed by atoms with Crippen molar-refractivity contribution in [3.05, 3.63) is 77.9 Å². The first kappa shape index (κ1) is 21.1. The Morgan fingerprint density at radius 2 is 1.85 bits per heavy atom. The number of benzene rings is 2. The lowest BCUT2D eigenvalue weighted by Gasteiger charge is -2.11. The van der Waals surface area contributed by atoms with E-state index >= 15 is 0 Å². The number of aromatic nitrogens is 4. The van der Waals surface area contributed by atoms with Crippen molar-refractivity contribution in [3.8, 4) is 27.6 Å². The summed E-state index contributed by atoms with van der Waals surface area (Å²) < 4.78 is 21.5. The summed E-state index contributed by atoms with van der Waals surface area (Å²) in [7, 11) is 1.56. The molecule has 2 aromatic carbocycles. The fourth-order valence-electron chi connectivity index (χ4n) is 3.95. The summed E-state index contributed by atoms with van der Waals surface area (Å²) in [5.41, 5.74) is 4.79. The number of aryl methyl sites for hydroxylation is 1. The van der Waals surface area contributed by atoms with Gasteiger partial charge in [-0.1, -0.05) is 24.3 Å². The quantitative estimate of drug-likeness (QED) is 0.334. The maximum atomic E-state index is 14.0. The lowest BCUT2D eigenvalue weighted by atomic mass is 10.1. The van der Waals surface area contributed by atoms with Crippen LogP contribution in [0.5, 0.6) is 5.75 Å². The Morgan fingerprint density at radius 1 is 1.03 bits per heavy atom. The predicted molar refractivity (Wildman–Crippen MR) is 130 cm³/mol. The van der Waals surface area contributed by atoms with E-state index in [-0.39, 0.29) is 5.82 Å². The van der Waals surface area contributed by atoms with E-state index in [0.717, 1.165) is 44.2 Å². The molecule has 5 aromatic rings. The fourth-order valence-corrected chi connectivity index (χ4v) is 4.59. The number of thiazole rings is 1. The second-order valence-electron chi connectivity index (χ2n) is 7.61. The van der Waals surface area contributed by atoms with Crippen molar-refractivity contribution < 1.29 is 9.13 Å². The van der Waals surface area contributed by atoms with Crippen LogP contribution in [0.3, 0.4) is 0 Å². The van der Waals surface area contributed by atoms with Crippen molar-refractivity contribution in [1.29, 1.82) is 0 Å². The summed E-state index contributed by atoms with van der Waals surface area (Å²) in [5.74, 6) is 0.969. The van der Waals surface area contributed by atoms with Gasteiger partial charge in [0.2, 0.25) is 0 Å². The Balaban J connectivity index is 1.30. The van der Waals surface area contributed by atoms with Gasteiger partial charge in [-0.05, 0) is 19.1 Å². The number of nitrogens with zero attached hydrogens (tertiary/aromatic N) is 4. The van der Waals surface area contributed by atoms with Gasteiger partial charge in [0.15, 0.2) is 0 Å². The second-order valence-corrected chi connectivity index (χ2v) is 8.50. The zero-order valence-electron chi connectivity index (χ0n) is 18.2. The minimum atomic E-state index is -0.312.